The topological polar surface area (TPSA) is 25.2 Å². The molecule has 0 amide bonds. The molecule has 3 aromatic rings. The predicted octanol–water partition coefficient (Wildman–Crippen LogP) is 4.36. The summed E-state index contributed by atoms with van der Waals surface area (Å²) in [6.45, 7) is 4.26. The number of fused-ring (bicyclic) bond motifs is 1. The van der Waals surface area contributed by atoms with E-state index in [0.29, 0.717) is 0 Å². The van der Waals surface area contributed by atoms with Crippen molar-refractivity contribution < 1.29 is 4.42 Å². The highest BCUT2D eigenvalue weighted by atomic mass is 16.3. The van der Waals surface area contributed by atoms with Crippen molar-refractivity contribution in [2.45, 2.75) is 19.9 Å². The summed E-state index contributed by atoms with van der Waals surface area (Å²) in [5.74, 6) is 0.961. The molecule has 1 unspecified atom stereocenters. The highest BCUT2D eigenvalue weighted by molar-refractivity contribution is 5.78. The fraction of sp³-hybridized carbons (Fsp3) is 0.222. The molecule has 1 atom stereocenters. The van der Waals surface area contributed by atoms with Gasteiger partial charge in [-0.15, -0.1) is 0 Å². The van der Waals surface area contributed by atoms with E-state index in [0.717, 1.165) is 16.7 Å². The maximum absolute atomic E-state index is 6.01. The Kier molecular flexibility index (Phi) is 3.33. The van der Waals surface area contributed by atoms with E-state index in [1.165, 1.54) is 16.7 Å². The summed E-state index contributed by atoms with van der Waals surface area (Å²) in [5.41, 5.74) is 4.75. The van der Waals surface area contributed by atoms with Gasteiger partial charge in [-0.25, -0.2) is 0 Å². The molecule has 0 bridgehead atoms. The van der Waals surface area contributed by atoms with Crippen molar-refractivity contribution >= 4 is 11.0 Å². The molecule has 0 saturated heterocycles. The molecule has 3 rings (SSSR count). The van der Waals surface area contributed by atoms with E-state index >= 15 is 0 Å². The summed E-state index contributed by atoms with van der Waals surface area (Å²) >= 11 is 0. The largest absolute Gasteiger partial charge is 0.459 e. The second-order valence-electron chi connectivity index (χ2n) is 5.27. The van der Waals surface area contributed by atoms with E-state index in [1.807, 2.05) is 25.2 Å². The highest BCUT2D eigenvalue weighted by Gasteiger charge is 2.18. The Morgan fingerprint density at radius 3 is 2.55 bits per heavy atom. The zero-order chi connectivity index (χ0) is 14.1. The van der Waals surface area contributed by atoms with Gasteiger partial charge in [0.15, 0.2) is 0 Å². The Morgan fingerprint density at radius 2 is 1.80 bits per heavy atom. The molecule has 0 radical (unpaired) electrons. The van der Waals surface area contributed by atoms with Crippen molar-refractivity contribution in [1.82, 2.24) is 5.32 Å². The molecule has 2 heteroatoms. The molecule has 0 saturated carbocycles. The number of hydrogen-bond acceptors (Lipinski definition) is 2. The van der Waals surface area contributed by atoms with Gasteiger partial charge in [-0.1, -0.05) is 42.0 Å². The lowest BCUT2D eigenvalue weighted by Crippen LogP contribution is -2.18. The van der Waals surface area contributed by atoms with Crippen LogP contribution in [0.3, 0.4) is 0 Å². The third kappa shape index (κ3) is 2.23. The fourth-order valence-electron chi connectivity index (χ4n) is 2.67. The molecule has 0 aliphatic heterocycles. The summed E-state index contributed by atoms with van der Waals surface area (Å²) in [5, 5.41) is 4.52. The second kappa shape index (κ2) is 5.14. The van der Waals surface area contributed by atoms with Crippen LogP contribution in [0.2, 0.25) is 0 Å². The molecular formula is C18H19NO. The molecule has 2 nitrogen and oxygen atoms in total. The van der Waals surface area contributed by atoms with Crippen LogP contribution in [0.15, 0.2) is 52.9 Å². The summed E-state index contributed by atoms with van der Waals surface area (Å²) in [4.78, 5) is 0. The van der Waals surface area contributed by atoms with Crippen LogP contribution in [-0.4, -0.2) is 7.05 Å². The van der Waals surface area contributed by atoms with Crippen molar-refractivity contribution in [2.24, 2.45) is 0 Å². The molecular weight excluding hydrogens is 246 g/mol. The number of furan rings is 1. The molecule has 20 heavy (non-hydrogen) atoms. The minimum atomic E-state index is 0.0855. The van der Waals surface area contributed by atoms with Gasteiger partial charge in [0.1, 0.15) is 11.3 Å². The number of para-hydroxylation sites is 1. The smallest absolute Gasteiger partial charge is 0.134 e. The molecule has 2 aromatic carbocycles. The van der Waals surface area contributed by atoms with E-state index in [2.05, 4.69) is 49.5 Å². The monoisotopic (exact) mass is 265 g/mol. The minimum absolute atomic E-state index is 0.0855. The van der Waals surface area contributed by atoms with Crippen molar-refractivity contribution in [3.05, 3.63) is 71.0 Å². The molecule has 0 aliphatic carbocycles. The van der Waals surface area contributed by atoms with E-state index in [4.69, 9.17) is 4.42 Å². The Hall–Kier alpha value is -2.06. The van der Waals surface area contributed by atoms with Crippen LogP contribution >= 0.6 is 0 Å². The Morgan fingerprint density at radius 1 is 1.00 bits per heavy atom. The molecule has 102 valence electrons. The third-order valence-electron chi connectivity index (χ3n) is 3.76. The van der Waals surface area contributed by atoms with Crippen molar-refractivity contribution in [3.63, 3.8) is 0 Å². The normalized spacial score (nSPS) is 12.8. The van der Waals surface area contributed by atoms with Crippen LogP contribution in [-0.2, 0) is 0 Å². The fourth-order valence-corrected chi connectivity index (χ4v) is 2.67. The number of benzene rings is 2. The Labute approximate surface area is 119 Å². The van der Waals surface area contributed by atoms with Gasteiger partial charge >= 0.3 is 0 Å². The Balaban J connectivity index is 2.11. The van der Waals surface area contributed by atoms with E-state index in [9.17, 15) is 0 Å². The van der Waals surface area contributed by atoms with Gasteiger partial charge in [0, 0.05) is 5.39 Å². The van der Waals surface area contributed by atoms with Crippen LogP contribution < -0.4 is 5.32 Å². The molecule has 0 fully saturated rings. The van der Waals surface area contributed by atoms with Gasteiger partial charge < -0.3 is 9.73 Å². The Bertz CT molecular complexity index is 709. The summed E-state index contributed by atoms with van der Waals surface area (Å²) in [6, 6.07) is 16.9. The van der Waals surface area contributed by atoms with Crippen molar-refractivity contribution in [2.75, 3.05) is 7.05 Å². The van der Waals surface area contributed by atoms with Gasteiger partial charge in [-0.2, -0.15) is 0 Å². The van der Waals surface area contributed by atoms with Crippen LogP contribution in [0.4, 0.5) is 0 Å². The predicted molar refractivity (Wildman–Crippen MR) is 83.0 cm³/mol. The minimum Gasteiger partial charge on any atom is -0.459 e. The lowest BCUT2D eigenvalue weighted by molar-refractivity contribution is 0.490. The quantitative estimate of drug-likeness (QED) is 0.761. The first-order valence-corrected chi connectivity index (χ1v) is 6.92. The zero-order valence-corrected chi connectivity index (χ0v) is 12.1. The van der Waals surface area contributed by atoms with Crippen LogP contribution in [0.1, 0.15) is 28.5 Å². The number of hydrogen-bond donors (Lipinski definition) is 1. The number of rotatable bonds is 3. The summed E-state index contributed by atoms with van der Waals surface area (Å²) in [7, 11) is 1.97. The first kappa shape index (κ1) is 12.9. The van der Waals surface area contributed by atoms with Gasteiger partial charge in [0.2, 0.25) is 0 Å². The molecule has 0 aliphatic rings. The molecule has 0 spiro atoms. The summed E-state index contributed by atoms with van der Waals surface area (Å²) < 4.78 is 6.01. The number of nitrogens with one attached hydrogen (secondary N) is 1. The van der Waals surface area contributed by atoms with Crippen LogP contribution in [0.5, 0.6) is 0 Å². The molecule has 1 N–H and O–H groups in total. The van der Waals surface area contributed by atoms with Gasteiger partial charge in [-0.05, 0) is 44.2 Å². The lowest BCUT2D eigenvalue weighted by Gasteiger charge is -2.17. The third-order valence-corrected chi connectivity index (χ3v) is 3.76. The van der Waals surface area contributed by atoms with Crippen molar-refractivity contribution in [1.29, 1.82) is 0 Å². The van der Waals surface area contributed by atoms with E-state index in [1.54, 1.807) is 0 Å². The SMILES string of the molecule is CNC(c1cc2ccccc2o1)c1cc(C)ccc1C. The average Bonchev–Trinajstić information content (AvgIpc) is 2.87. The maximum atomic E-state index is 6.01. The average molecular weight is 265 g/mol. The van der Waals surface area contributed by atoms with Crippen LogP contribution in [0, 0.1) is 13.8 Å². The standard InChI is InChI=1S/C18H19NO/c1-12-8-9-13(2)15(10-12)18(19-3)17-11-14-6-4-5-7-16(14)20-17/h4-11,18-19H,1-3H3. The molecule has 1 aromatic heterocycles. The van der Waals surface area contributed by atoms with Gasteiger partial charge in [0.05, 0.1) is 6.04 Å². The number of aryl methyl sites for hydroxylation is 2. The zero-order valence-electron chi connectivity index (χ0n) is 12.1. The summed E-state index contributed by atoms with van der Waals surface area (Å²) in [6.07, 6.45) is 0. The van der Waals surface area contributed by atoms with Gasteiger partial charge in [0.25, 0.3) is 0 Å². The van der Waals surface area contributed by atoms with Crippen LogP contribution in [0.25, 0.3) is 11.0 Å². The lowest BCUT2D eigenvalue weighted by atomic mass is 9.97. The maximum Gasteiger partial charge on any atom is 0.134 e. The van der Waals surface area contributed by atoms with E-state index in [-0.39, 0.29) is 6.04 Å². The first-order valence-electron chi connectivity index (χ1n) is 6.92. The van der Waals surface area contributed by atoms with Crippen molar-refractivity contribution in [3.8, 4) is 0 Å². The second-order valence-corrected chi connectivity index (χ2v) is 5.27. The molecule has 1 heterocycles. The van der Waals surface area contributed by atoms with E-state index < -0.39 is 0 Å². The first-order chi connectivity index (χ1) is 9.69. The van der Waals surface area contributed by atoms with Gasteiger partial charge in [-0.3, -0.25) is 0 Å². The highest BCUT2D eigenvalue weighted by Crippen LogP contribution is 2.30.